The topological polar surface area (TPSA) is 66.8 Å². The summed E-state index contributed by atoms with van der Waals surface area (Å²) in [7, 11) is 1.72. The first kappa shape index (κ1) is 19.8. The molecule has 6 heteroatoms. The average molecular weight is 376 g/mol. The van der Waals surface area contributed by atoms with Gasteiger partial charge in [-0.2, -0.15) is 0 Å². The number of rotatable bonds is 7. The quantitative estimate of drug-likeness (QED) is 0.793. The SMILES string of the molecule is CN(C(=O)C(C)(C)Cc1cccc(Cl)c1)c1ccc(OCC(=O)O)cc1. The van der Waals surface area contributed by atoms with E-state index in [0.717, 1.165) is 5.56 Å². The van der Waals surface area contributed by atoms with Crippen molar-refractivity contribution in [1.29, 1.82) is 0 Å². The fourth-order valence-corrected chi connectivity index (χ4v) is 2.93. The molecule has 0 fully saturated rings. The molecular formula is C20H22ClNO4. The van der Waals surface area contributed by atoms with Crippen molar-refractivity contribution in [1.82, 2.24) is 0 Å². The number of carboxylic acid groups (broad SMARTS) is 1. The summed E-state index contributed by atoms with van der Waals surface area (Å²) in [5.74, 6) is -0.629. The van der Waals surface area contributed by atoms with Gasteiger partial charge in [0.05, 0.1) is 0 Å². The number of ether oxygens (including phenoxy) is 1. The highest BCUT2D eigenvalue weighted by atomic mass is 35.5. The second kappa shape index (κ2) is 8.23. The zero-order valence-electron chi connectivity index (χ0n) is 15.0. The number of carboxylic acids is 1. The minimum atomic E-state index is -1.04. The van der Waals surface area contributed by atoms with E-state index in [2.05, 4.69) is 0 Å². The molecule has 0 aliphatic heterocycles. The van der Waals surface area contributed by atoms with E-state index in [-0.39, 0.29) is 5.91 Å². The number of carbonyl (C=O) groups excluding carboxylic acids is 1. The second-order valence-electron chi connectivity index (χ2n) is 6.73. The number of nitrogens with zero attached hydrogens (tertiary/aromatic N) is 1. The van der Waals surface area contributed by atoms with Crippen molar-refractivity contribution in [2.45, 2.75) is 20.3 Å². The first-order valence-corrected chi connectivity index (χ1v) is 8.54. The first-order chi connectivity index (χ1) is 12.2. The lowest BCUT2D eigenvalue weighted by molar-refractivity contribution is -0.139. The number of carbonyl (C=O) groups is 2. The molecule has 0 radical (unpaired) electrons. The molecule has 0 aliphatic rings. The molecule has 0 saturated carbocycles. The monoisotopic (exact) mass is 375 g/mol. The predicted molar refractivity (Wildman–Crippen MR) is 102 cm³/mol. The number of aliphatic carboxylic acids is 1. The summed E-state index contributed by atoms with van der Waals surface area (Å²) in [6.07, 6.45) is 0.566. The van der Waals surface area contributed by atoms with E-state index in [1.54, 1.807) is 42.3 Å². The largest absolute Gasteiger partial charge is 0.482 e. The van der Waals surface area contributed by atoms with Crippen molar-refractivity contribution in [3.8, 4) is 5.75 Å². The van der Waals surface area contributed by atoms with Gasteiger partial charge in [0.15, 0.2) is 6.61 Å². The van der Waals surface area contributed by atoms with Gasteiger partial charge in [-0.3, -0.25) is 4.79 Å². The van der Waals surface area contributed by atoms with E-state index < -0.39 is 18.0 Å². The van der Waals surface area contributed by atoms with Crippen LogP contribution in [-0.4, -0.2) is 30.6 Å². The second-order valence-corrected chi connectivity index (χ2v) is 7.17. The average Bonchev–Trinajstić information content (AvgIpc) is 2.58. The normalized spacial score (nSPS) is 11.1. The Balaban J connectivity index is 2.08. The molecule has 5 nitrogen and oxygen atoms in total. The molecule has 1 amide bonds. The number of benzene rings is 2. The van der Waals surface area contributed by atoms with E-state index in [0.29, 0.717) is 22.9 Å². The van der Waals surface area contributed by atoms with Crippen LogP contribution in [0.3, 0.4) is 0 Å². The maximum Gasteiger partial charge on any atom is 0.341 e. The van der Waals surface area contributed by atoms with Crippen LogP contribution in [0.25, 0.3) is 0 Å². The summed E-state index contributed by atoms with van der Waals surface area (Å²) in [6.45, 7) is 3.40. The third-order valence-corrected chi connectivity index (χ3v) is 4.24. The summed E-state index contributed by atoms with van der Waals surface area (Å²) in [4.78, 5) is 25.1. The lowest BCUT2D eigenvalue weighted by Gasteiger charge is -2.29. The fourth-order valence-electron chi connectivity index (χ4n) is 2.72. The Kier molecular flexibility index (Phi) is 6.27. The number of hydrogen-bond donors (Lipinski definition) is 1. The van der Waals surface area contributed by atoms with Crippen molar-refractivity contribution < 1.29 is 19.4 Å². The molecule has 0 bridgehead atoms. The standard InChI is InChI=1S/C20H22ClNO4/c1-20(2,12-14-5-4-6-15(21)11-14)19(25)22(3)16-7-9-17(10-8-16)26-13-18(23)24/h4-11H,12-13H2,1-3H3,(H,23,24). The molecule has 2 aromatic rings. The Morgan fingerprint density at radius 2 is 1.81 bits per heavy atom. The van der Waals surface area contributed by atoms with Gasteiger partial charge in [-0.25, -0.2) is 4.79 Å². The minimum absolute atomic E-state index is 0.0309. The van der Waals surface area contributed by atoms with Crippen LogP contribution >= 0.6 is 11.6 Å². The fraction of sp³-hybridized carbons (Fsp3) is 0.300. The molecule has 0 aliphatic carbocycles. The van der Waals surface area contributed by atoms with E-state index in [9.17, 15) is 9.59 Å². The van der Waals surface area contributed by atoms with Gasteiger partial charge in [-0.1, -0.05) is 37.6 Å². The summed E-state index contributed by atoms with van der Waals surface area (Å²) in [5.41, 5.74) is 1.09. The highest BCUT2D eigenvalue weighted by Gasteiger charge is 2.31. The van der Waals surface area contributed by atoms with E-state index in [4.69, 9.17) is 21.4 Å². The number of hydrogen-bond acceptors (Lipinski definition) is 3. The molecule has 2 rings (SSSR count). The van der Waals surface area contributed by atoms with Crippen molar-refractivity contribution in [2.75, 3.05) is 18.6 Å². The number of amides is 1. The van der Waals surface area contributed by atoms with E-state index in [1.165, 1.54) is 0 Å². The lowest BCUT2D eigenvalue weighted by atomic mass is 9.84. The van der Waals surface area contributed by atoms with Crippen molar-refractivity contribution in [3.05, 3.63) is 59.1 Å². The van der Waals surface area contributed by atoms with Gasteiger partial charge in [-0.05, 0) is 48.4 Å². The van der Waals surface area contributed by atoms with Gasteiger partial charge in [0.25, 0.3) is 0 Å². The van der Waals surface area contributed by atoms with Crippen LogP contribution in [0.15, 0.2) is 48.5 Å². The van der Waals surface area contributed by atoms with Crippen molar-refractivity contribution in [3.63, 3.8) is 0 Å². The molecule has 0 heterocycles. The maximum absolute atomic E-state index is 12.9. The van der Waals surface area contributed by atoms with Crippen molar-refractivity contribution >= 4 is 29.2 Å². The Hall–Kier alpha value is -2.53. The molecule has 138 valence electrons. The molecule has 26 heavy (non-hydrogen) atoms. The highest BCUT2D eigenvalue weighted by Crippen LogP contribution is 2.28. The summed E-state index contributed by atoms with van der Waals surface area (Å²) < 4.78 is 5.10. The van der Waals surface area contributed by atoms with Gasteiger partial charge < -0.3 is 14.7 Å². The lowest BCUT2D eigenvalue weighted by Crippen LogP contribution is -2.39. The molecule has 0 aromatic heterocycles. The third-order valence-electron chi connectivity index (χ3n) is 4.01. The zero-order chi connectivity index (χ0) is 19.3. The Labute approximate surface area is 158 Å². The first-order valence-electron chi connectivity index (χ1n) is 8.16. The van der Waals surface area contributed by atoms with E-state index >= 15 is 0 Å². The van der Waals surface area contributed by atoms with Gasteiger partial charge in [0.1, 0.15) is 5.75 Å². The van der Waals surface area contributed by atoms with Crippen molar-refractivity contribution in [2.24, 2.45) is 5.41 Å². The van der Waals surface area contributed by atoms with Gasteiger partial charge in [0.2, 0.25) is 5.91 Å². The molecule has 0 saturated heterocycles. The van der Waals surface area contributed by atoms with Crippen LogP contribution in [-0.2, 0) is 16.0 Å². The predicted octanol–water partition coefficient (Wildman–Crippen LogP) is 4.04. The van der Waals surface area contributed by atoms with Crippen LogP contribution in [0.1, 0.15) is 19.4 Å². The van der Waals surface area contributed by atoms with Crippen LogP contribution in [0, 0.1) is 5.41 Å². The highest BCUT2D eigenvalue weighted by molar-refractivity contribution is 6.30. The molecule has 0 spiro atoms. The Bertz CT molecular complexity index is 787. The Morgan fingerprint density at radius 1 is 1.15 bits per heavy atom. The van der Waals surface area contributed by atoms with Gasteiger partial charge in [0, 0.05) is 23.2 Å². The van der Waals surface area contributed by atoms with Crippen LogP contribution in [0.5, 0.6) is 5.75 Å². The van der Waals surface area contributed by atoms with Crippen LogP contribution in [0.2, 0.25) is 5.02 Å². The number of halogens is 1. The summed E-state index contributed by atoms with van der Waals surface area (Å²) in [6, 6.07) is 14.2. The molecule has 1 N–H and O–H groups in total. The zero-order valence-corrected chi connectivity index (χ0v) is 15.8. The summed E-state index contributed by atoms with van der Waals surface area (Å²) >= 11 is 6.03. The maximum atomic E-state index is 12.9. The van der Waals surface area contributed by atoms with Gasteiger partial charge >= 0.3 is 5.97 Å². The van der Waals surface area contributed by atoms with Gasteiger partial charge in [-0.15, -0.1) is 0 Å². The van der Waals surface area contributed by atoms with Crippen LogP contribution < -0.4 is 9.64 Å². The smallest absolute Gasteiger partial charge is 0.341 e. The molecule has 0 unspecified atom stereocenters. The Morgan fingerprint density at radius 3 is 2.38 bits per heavy atom. The van der Waals surface area contributed by atoms with Crippen LogP contribution in [0.4, 0.5) is 5.69 Å². The summed E-state index contributed by atoms with van der Waals surface area (Å²) in [5, 5.41) is 9.28. The number of anilines is 1. The molecule has 2 aromatic carbocycles. The third kappa shape index (κ3) is 5.23. The minimum Gasteiger partial charge on any atom is -0.482 e. The van der Waals surface area contributed by atoms with E-state index in [1.807, 2.05) is 32.0 Å². The molecular weight excluding hydrogens is 354 g/mol. The molecule has 0 atom stereocenters.